The van der Waals surface area contributed by atoms with E-state index < -0.39 is 36.0 Å². The number of amides is 1. The van der Waals surface area contributed by atoms with Gasteiger partial charge in [0.05, 0.1) is 18.4 Å². The van der Waals surface area contributed by atoms with Gasteiger partial charge in [-0.25, -0.2) is 26.7 Å². The van der Waals surface area contributed by atoms with E-state index in [-0.39, 0.29) is 29.8 Å². The van der Waals surface area contributed by atoms with Gasteiger partial charge < -0.3 is 4.74 Å². The molecule has 1 aliphatic heterocycles. The molecule has 27 heavy (non-hydrogen) atoms. The highest BCUT2D eigenvalue weighted by Crippen LogP contribution is 2.31. The molecule has 0 unspecified atom stereocenters. The average molecular weight is 384 g/mol. The molecular formula is C18H13F5N2O2. The lowest BCUT2D eigenvalue weighted by atomic mass is 10.0. The van der Waals surface area contributed by atoms with Crippen molar-refractivity contribution in [3.63, 3.8) is 0 Å². The van der Waals surface area contributed by atoms with E-state index in [1.807, 2.05) is 0 Å². The summed E-state index contributed by atoms with van der Waals surface area (Å²) < 4.78 is 70.5. The van der Waals surface area contributed by atoms with E-state index >= 15 is 0 Å². The number of carbonyl (C=O) groups excluding carboxylic acids is 1. The number of benzene rings is 1. The molecule has 0 saturated heterocycles. The zero-order valence-corrected chi connectivity index (χ0v) is 13.7. The highest BCUT2D eigenvalue weighted by Gasteiger charge is 2.23. The molecule has 0 aliphatic carbocycles. The normalized spacial score (nSPS) is 14.2. The molecule has 1 amide bonds. The van der Waals surface area contributed by atoms with Crippen molar-refractivity contribution in [1.82, 2.24) is 9.88 Å². The van der Waals surface area contributed by atoms with Gasteiger partial charge >= 0.3 is 6.09 Å². The van der Waals surface area contributed by atoms with Gasteiger partial charge in [-0.15, -0.1) is 0 Å². The van der Waals surface area contributed by atoms with Crippen LogP contribution in [0.4, 0.5) is 26.7 Å². The summed E-state index contributed by atoms with van der Waals surface area (Å²) >= 11 is 0. The van der Waals surface area contributed by atoms with E-state index in [0.717, 1.165) is 18.3 Å². The molecule has 3 rings (SSSR count). The molecule has 0 spiro atoms. The van der Waals surface area contributed by atoms with Crippen molar-refractivity contribution in [3.05, 3.63) is 65.4 Å². The van der Waals surface area contributed by atoms with E-state index in [1.54, 1.807) is 0 Å². The number of alkyl halides is 4. The van der Waals surface area contributed by atoms with Crippen LogP contribution in [0.2, 0.25) is 0 Å². The van der Waals surface area contributed by atoms with Crippen LogP contribution in [0, 0.1) is 5.82 Å². The Hall–Kier alpha value is -2.97. The quantitative estimate of drug-likeness (QED) is 0.663. The van der Waals surface area contributed by atoms with Crippen LogP contribution in [-0.2, 0) is 11.3 Å². The van der Waals surface area contributed by atoms with Crippen LogP contribution in [0.5, 0.6) is 0 Å². The number of hydrogen-bond donors (Lipinski definition) is 0. The third-order valence-electron chi connectivity index (χ3n) is 3.98. The SMILES string of the molecule is O=C1OC=CCN1Cc1cc(-c2ccc(F)c(C(F)F)c2)cnc1C(F)F. The summed E-state index contributed by atoms with van der Waals surface area (Å²) in [4.78, 5) is 16.6. The molecule has 142 valence electrons. The average Bonchev–Trinajstić information content (AvgIpc) is 2.63. The minimum Gasteiger partial charge on any atom is -0.418 e. The number of hydrogen-bond acceptors (Lipinski definition) is 3. The molecule has 1 aliphatic rings. The van der Waals surface area contributed by atoms with E-state index in [9.17, 15) is 26.7 Å². The van der Waals surface area contributed by atoms with E-state index in [4.69, 9.17) is 4.74 Å². The summed E-state index contributed by atoms with van der Waals surface area (Å²) in [6, 6.07) is 4.40. The maximum Gasteiger partial charge on any atom is 0.415 e. The third-order valence-corrected chi connectivity index (χ3v) is 3.98. The first kappa shape index (κ1) is 18.8. The molecule has 1 aromatic carbocycles. The van der Waals surface area contributed by atoms with Crippen LogP contribution < -0.4 is 0 Å². The largest absolute Gasteiger partial charge is 0.418 e. The molecule has 0 fully saturated rings. The van der Waals surface area contributed by atoms with Gasteiger partial charge in [-0.1, -0.05) is 6.07 Å². The zero-order chi connectivity index (χ0) is 19.6. The lowest BCUT2D eigenvalue weighted by Gasteiger charge is -2.23. The fourth-order valence-corrected chi connectivity index (χ4v) is 2.65. The first-order chi connectivity index (χ1) is 12.9. The molecule has 0 atom stereocenters. The second-order valence-electron chi connectivity index (χ2n) is 5.74. The van der Waals surface area contributed by atoms with Crippen LogP contribution >= 0.6 is 0 Å². The highest BCUT2D eigenvalue weighted by atomic mass is 19.3. The van der Waals surface area contributed by atoms with Gasteiger partial charge in [0.2, 0.25) is 0 Å². The minimum atomic E-state index is -3.02. The maximum absolute atomic E-state index is 13.5. The molecule has 9 heteroatoms. The Bertz CT molecular complexity index is 886. The van der Waals surface area contributed by atoms with Crippen LogP contribution in [-0.4, -0.2) is 22.5 Å². The molecule has 4 nitrogen and oxygen atoms in total. The fourth-order valence-electron chi connectivity index (χ4n) is 2.65. The Morgan fingerprint density at radius 3 is 2.56 bits per heavy atom. The Morgan fingerprint density at radius 1 is 1.11 bits per heavy atom. The van der Waals surface area contributed by atoms with E-state index in [1.165, 1.54) is 29.4 Å². The Morgan fingerprint density at radius 2 is 1.89 bits per heavy atom. The van der Waals surface area contributed by atoms with Crippen molar-refractivity contribution in [3.8, 4) is 11.1 Å². The Kier molecular flexibility index (Phi) is 5.38. The van der Waals surface area contributed by atoms with Gasteiger partial charge in [-0.2, -0.15) is 0 Å². The monoisotopic (exact) mass is 384 g/mol. The second kappa shape index (κ2) is 7.73. The number of pyridine rings is 1. The highest BCUT2D eigenvalue weighted by molar-refractivity contribution is 5.70. The van der Waals surface area contributed by atoms with Crippen molar-refractivity contribution < 1.29 is 31.5 Å². The minimum absolute atomic E-state index is 0.0395. The van der Waals surface area contributed by atoms with Crippen LogP contribution in [0.1, 0.15) is 29.7 Å². The van der Waals surface area contributed by atoms with Crippen molar-refractivity contribution in [2.75, 3.05) is 6.54 Å². The number of halogens is 5. The molecule has 0 saturated carbocycles. The molecular weight excluding hydrogens is 371 g/mol. The number of ether oxygens (including phenoxy) is 1. The van der Waals surface area contributed by atoms with Crippen LogP contribution in [0.25, 0.3) is 11.1 Å². The van der Waals surface area contributed by atoms with Gasteiger partial charge in [0.15, 0.2) is 0 Å². The Balaban J connectivity index is 1.99. The first-order valence-electron chi connectivity index (χ1n) is 7.82. The van der Waals surface area contributed by atoms with Crippen molar-refractivity contribution in [2.45, 2.75) is 19.4 Å². The lowest BCUT2D eigenvalue weighted by Crippen LogP contribution is -2.33. The number of cyclic esters (lactones) is 1. The van der Waals surface area contributed by atoms with Gasteiger partial charge in [-0.3, -0.25) is 9.88 Å². The number of carbonyl (C=O) groups is 1. The molecule has 0 N–H and O–H groups in total. The van der Waals surface area contributed by atoms with Gasteiger partial charge in [-0.05, 0) is 35.4 Å². The molecule has 2 heterocycles. The third kappa shape index (κ3) is 4.07. The number of nitrogens with zero attached hydrogens (tertiary/aromatic N) is 2. The molecule has 0 bridgehead atoms. The van der Waals surface area contributed by atoms with Gasteiger partial charge in [0.25, 0.3) is 12.9 Å². The van der Waals surface area contributed by atoms with Crippen molar-refractivity contribution in [1.29, 1.82) is 0 Å². The summed E-state index contributed by atoms with van der Waals surface area (Å²) in [6.45, 7) is -0.0373. The van der Waals surface area contributed by atoms with Crippen molar-refractivity contribution in [2.24, 2.45) is 0 Å². The number of rotatable bonds is 5. The van der Waals surface area contributed by atoms with Crippen molar-refractivity contribution >= 4 is 6.09 Å². The summed E-state index contributed by atoms with van der Waals surface area (Å²) in [7, 11) is 0. The number of aromatic nitrogens is 1. The lowest BCUT2D eigenvalue weighted by molar-refractivity contribution is 0.126. The van der Waals surface area contributed by atoms with Crippen LogP contribution in [0.15, 0.2) is 42.8 Å². The van der Waals surface area contributed by atoms with Gasteiger partial charge in [0.1, 0.15) is 11.5 Å². The summed E-state index contributed by atoms with van der Waals surface area (Å²) in [5.74, 6) is -1.06. The molecule has 1 aromatic heterocycles. The van der Waals surface area contributed by atoms with Gasteiger partial charge in [0, 0.05) is 18.3 Å². The van der Waals surface area contributed by atoms with Crippen LogP contribution in [0.3, 0.4) is 0 Å². The predicted octanol–water partition coefficient (Wildman–Crippen LogP) is 5.23. The summed E-state index contributed by atoms with van der Waals surface area (Å²) in [5.41, 5.74) is -0.841. The summed E-state index contributed by atoms with van der Waals surface area (Å²) in [6.07, 6.45) is -2.78. The second-order valence-corrected chi connectivity index (χ2v) is 5.74. The van der Waals surface area contributed by atoms with E-state index in [2.05, 4.69) is 4.98 Å². The molecule has 0 radical (unpaired) electrons. The van der Waals surface area contributed by atoms with E-state index in [0.29, 0.717) is 0 Å². The fraction of sp³-hybridized carbons (Fsp3) is 0.222. The predicted molar refractivity (Wildman–Crippen MR) is 85.6 cm³/mol. The standard InChI is InChI=1S/C18H13F5N2O2/c19-14-3-2-10(7-13(14)16(20)21)11-6-12(15(17(22)23)24-8-11)9-25-4-1-5-27-18(25)26/h1-3,5-8,16-17H,4,9H2. The molecule has 2 aromatic rings. The zero-order valence-electron chi connectivity index (χ0n) is 13.7. The maximum atomic E-state index is 13.5. The first-order valence-corrected chi connectivity index (χ1v) is 7.82. The topological polar surface area (TPSA) is 42.4 Å². The Labute approximate surface area is 150 Å². The summed E-state index contributed by atoms with van der Waals surface area (Å²) in [5, 5.41) is 0. The smallest absolute Gasteiger partial charge is 0.415 e.